The maximum absolute atomic E-state index is 13.3. The predicted molar refractivity (Wildman–Crippen MR) is 71.4 cm³/mol. The van der Waals surface area contributed by atoms with Crippen LogP contribution in [0.2, 0.25) is 0 Å². The molecule has 6 heteroatoms. The van der Waals surface area contributed by atoms with Gasteiger partial charge < -0.3 is 5.73 Å². The first-order chi connectivity index (χ1) is 8.76. The maximum atomic E-state index is 13.3. The molecular weight excluding hydrogens is 267 g/mol. The average molecular weight is 286 g/mol. The second-order valence-corrected chi connectivity index (χ2v) is 7.47. The van der Waals surface area contributed by atoms with Crippen molar-refractivity contribution in [2.45, 2.75) is 31.7 Å². The number of hydrogen-bond acceptors (Lipinski definition) is 3. The van der Waals surface area contributed by atoms with Crippen molar-refractivity contribution >= 4 is 10.0 Å². The molecule has 0 saturated heterocycles. The third-order valence-electron chi connectivity index (χ3n) is 3.78. The Bertz CT molecular complexity index is 584. The number of nitrogens with two attached hydrogens (primary N) is 1. The van der Waals surface area contributed by atoms with Crippen LogP contribution in [0, 0.1) is 17.2 Å². The van der Waals surface area contributed by atoms with Crippen LogP contribution in [0.25, 0.3) is 0 Å². The third-order valence-corrected chi connectivity index (χ3v) is 5.21. The average Bonchev–Trinajstić information content (AvgIpc) is 2.95. The van der Waals surface area contributed by atoms with E-state index in [1.165, 1.54) is 12.1 Å². The summed E-state index contributed by atoms with van der Waals surface area (Å²) in [5.41, 5.74) is 5.79. The minimum Gasteiger partial charge on any atom is -0.326 e. The molecule has 1 aromatic rings. The molecule has 3 N–H and O–H groups in total. The molecule has 0 heterocycles. The molecule has 1 aliphatic rings. The van der Waals surface area contributed by atoms with E-state index in [4.69, 9.17) is 5.73 Å². The molecular formula is C13H19FN2O2S. The fourth-order valence-corrected chi connectivity index (χ4v) is 3.22. The van der Waals surface area contributed by atoms with Crippen molar-refractivity contribution in [1.82, 2.24) is 4.72 Å². The van der Waals surface area contributed by atoms with E-state index in [-0.39, 0.29) is 22.4 Å². The number of hydrogen-bond donors (Lipinski definition) is 2. The van der Waals surface area contributed by atoms with E-state index in [0.29, 0.717) is 12.5 Å². The molecule has 0 bridgehead atoms. The van der Waals surface area contributed by atoms with Gasteiger partial charge in [-0.1, -0.05) is 13.8 Å². The summed E-state index contributed by atoms with van der Waals surface area (Å²) in [7, 11) is -3.59. The minimum atomic E-state index is -3.59. The molecule has 1 unspecified atom stereocenters. The molecule has 1 aromatic carbocycles. The van der Waals surface area contributed by atoms with E-state index >= 15 is 0 Å². The Morgan fingerprint density at radius 3 is 2.63 bits per heavy atom. The molecule has 0 amide bonds. The van der Waals surface area contributed by atoms with Gasteiger partial charge in [-0.2, -0.15) is 0 Å². The summed E-state index contributed by atoms with van der Waals surface area (Å²) in [6.45, 7) is 4.61. The van der Waals surface area contributed by atoms with Gasteiger partial charge in [-0.3, -0.25) is 0 Å². The second kappa shape index (κ2) is 4.85. The third kappa shape index (κ3) is 3.13. The number of sulfonamides is 1. The molecule has 19 heavy (non-hydrogen) atoms. The highest BCUT2D eigenvalue weighted by Gasteiger charge is 2.45. The fraction of sp³-hybridized carbons (Fsp3) is 0.538. The van der Waals surface area contributed by atoms with E-state index in [2.05, 4.69) is 18.6 Å². The lowest BCUT2D eigenvalue weighted by Crippen LogP contribution is -2.27. The van der Waals surface area contributed by atoms with Crippen LogP contribution in [-0.4, -0.2) is 15.0 Å². The summed E-state index contributed by atoms with van der Waals surface area (Å²) in [6.07, 6.45) is 1.02. The molecule has 0 aromatic heterocycles. The van der Waals surface area contributed by atoms with Crippen LogP contribution in [0.3, 0.4) is 0 Å². The molecule has 4 nitrogen and oxygen atoms in total. The number of rotatable bonds is 5. The first-order valence-corrected chi connectivity index (χ1v) is 7.73. The van der Waals surface area contributed by atoms with Gasteiger partial charge in [0.1, 0.15) is 5.82 Å². The van der Waals surface area contributed by atoms with Gasteiger partial charge in [0.2, 0.25) is 10.0 Å². The molecule has 1 aliphatic carbocycles. The van der Waals surface area contributed by atoms with Crippen LogP contribution in [0.5, 0.6) is 0 Å². The summed E-state index contributed by atoms with van der Waals surface area (Å²) in [5.74, 6) is -0.110. The number of halogens is 1. The second-order valence-electron chi connectivity index (χ2n) is 5.70. The van der Waals surface area contributed by atoms with Crippen molar-refractivity contribution < 1.29 is 12.8 Å². The molecule has 1 saturated carbocycles. The highest BCUT2D eigenvalue weighted by Crippen LogP contribution is 2.51. The van der Waals surface area contributed by atoms with Crippen LogP contribution in [0.15, 0.2) is 23.1 Å². The Balaban J connectivity index is 2.11. The van der Waals surface area contributed by atoms with E-state index in [1.807, 2.05) is 0 Å². The lowest BCUT2D eigenvalue weighted by Gasteiger charge is -2.09. The van der Waals surface area contributed by atoms with Crippen LogP contribution < -0.4 is 10.5 Å². The highest BCUT2D eigenvalue weighted by molar-refractivity contribution is 7.89. The van der Waals surface area contributed by atoms with Crippen molar-refractivity contribution in [3.63, 3.8) is 0 Å². The Labute approximate surface area is 113 Å². The lowest BCUT2D eigenvalue weighted by molar-refractivity contribution is 0.537. The van der Waals surface area contributed by atoms with Gasteiger partial charge in [-0.05, 0) is 36.0 Å². The van der Waals surface area contributed by atoms with Gasteiger partial charge in [-0.25, -0.2) is 17.5 Å². The van der Waals surface area contributed by atoms with Crippen molar-refractivity contribution in [1.29, 1.82) is 0 Å². The van der Waals surface area contributed by atoms with Gasteiger partial charge in [0.25, 0.3) is 0 Å². The number of nitrogens with one attached hydrogen (secondary N) is 1. The Morgan fingerprint density at radius 1 is 1.47 bits per heavy atom. The van der Waals surface area contributed by atoms with Crippen LogP contribution in [-0.2, 0) is 16.6 Å². The first-order valence-electron chi connectivity index (χ1n) is 6.24. The van der Waals surface area contributed by atoms with E-state index in [1.54, 1.807) is 0 Å². The normalized spacial score (nSPS) is 21.4. The Kier molecular flexibility index (Phi) is 3.68. The Morgan fingerprint density at radius 2 is 2.11 bits per heavy atom. The lowest BCUT2D eigenvalue weighted by atomic mass is 10.1. The smallest absolute Gasteiger partial charge is 0.240 e. The topological polar surface area (TPSA) is 72.2 Å². The van der Waals surface area contributed by atoms with Gasteiger partial charge in [-0.15, -0.1) is 0 Å². The van der Waals surface area contributed by atoms with Crippen LogP contribution >= 0.6 is 0 Å². The summed E-state index contributed by atoms with van der Waals surface area (Å²) in [5, 5.41) is 0. The van der Waals surface area contributed by atoms with Gasteiger partial charge in [0.15, 0.2) is 0 Å². The van der Waals surface area contributed by atoms with Crippen LogP contribution in [0.1, 0.15) is 25.8 Å². The SMILES string of the molecule is CC1(C)CC1CNS(=O)(=O)c1ccc(F)c(CN)c1. The standard InChI is InChI=1S/C13H19FN2O2S/c1-13(2)6-10(13)8-16-19(17,18)11-3-4-12(14)9(5-11)7-15/h3-5,10,16H,6-8,15H2,1-2H3. The largest absolute Gasteiger partial charge is 0.326 e. The summed E-state index contributed by atoms with van der Waals surface area (Å²) >= 11 is 0. The molecule has 0 aliphatic heterocycles. The molecule has 0 radical (unpaired) electrons. The van der Waals surface area contributed by atoms with Crippen molar-refractivity contribution in [2.24, 2.45) is 17.1 Å². The van der Waals surface area contributed by atoms with Crippen molar-refractivity contribution in [3.8, 4) is 0 Å². The summed E-state index contributed by atoms with van der Waals surface area (Å²) < 4.78 is 40.0. The van der Waals surface area contributed by atoms with E-state index in [9.17, 15) is 12.8 Å². The molecule has 0 spiro atoms. The zero-order chi connectivity index (χ0) is 14.3. The predicted octanol–water partition coefficient (Wildman–Crippen LogP) is 1.61. The zero-order valence-electron chi connectivity index (χ0n) is 11.1. The van der Waals surface area contributed by atoms with Crippen LogP contribution in [0.4, 0.5) is 4.39 Å². The van der Waals surface area contributed by atoms with Gasteiger partial charge in [0, 0.05) is 18.7 Å². The monoisotopic (exact) mass is 286 g/mol. The first kappa shape index (κ1) is 14.4. The minimum absolute atomic E-state index is 0.0230. The maximum Gasteiger partial charge on any atom is 0.240 e. The van der Waals surface area contributed by atoms with E-state index < -0.39 is 15.8 Å². The van der Waals surface area contributed by atoms with Crippen molar-refractivity contribution in [3.05, 3.63) is 29.6 Å². The zero-order valence-corrected chi connectivity index (χ0v) is 11.9. The van der Waals surface area contributed by atoms with Gasteiger partial charge >= 0.3 is 0 Å². The van der Waals surface area contributed by atoms with Gasteiger partial charge in [0.05, 0.1) is 4.90 Å². The molecule has 1 fully saturated rings. The number of benzene rings is 1. The van der Waals surface area contributed by atoms with Crippen molar-refractivity contribution in [2.75, 3.05) is 6.54 Å². The molecule has 2 rings (SSSR count). The summed E-state index contributed by atoms with van der Waals surface area (Å²) in [4.78, 5) is 0.0628. The quantitative estimate of drug-likeness (QED) is 0.863. The van der Waals surface area contributed by atoms with E-state index in [0.717, 1.165) is 12.5 Å². The highest BCUT2D eigenvalue weighted by atomic mass is 32.2. The molecule has 106 valence electrons. The Hall–Kier alpha value is -0.980. The molecule has 1 atom stereocenters. The summed E-state index contributed by atoms with van der Waals surface area (Å²) in [6, 6.07) is 3.68. The fourth-order valence-electron chi connectivity index (χ4n) is 2.09.